The Kier molecular flexibility index (Phi) is 3.37. The number of hydrogen-bond donors (Lipinski definition) is 1. The van der Waals surface area contributed by atoms with E-state index in [1.54, 1.807) is 50.2 Å². The van der Waals surface area contributed by atoms with E-state index < -0.39 is 11.5 Å². The van der Waals surface area contributed by atoms with Crippen LogP contribution in [0.15, 0.2) is 24.3 Å². The molecule has 0 aromatic heterocycles. The summed E-state index contributed by atoms with van der Waals surface area (Å²) >= 11 is 5.85. The maximum absolute atomic E-state index is 11.3. The van der Waals surface area contributed by atoms with E-state index in [1.807, 2.05) is 0 Å². The van der Waals surface area contributed by atoms with Gasteiger partial charge in [0.25, 0.3) is 0 Å². The van der Waals surface area contributed by atoms with Crippen LogP contribution in [0.3, 0.4) is 0 Å². The van der Waals surface area contributed by atoms with Crippen molar-refractivity contribution in [2.24, 2.45) is 0 Å². The van der Waals surface area contributed by atoms with Gasteiger partial charge in [-0.1, -0.05) is 23.7 Å². The second-order valence-corrected chi connectivity index (χ2v) is 4.22. The second-order valence-electron chi connectivity index (χ2n) is 3.78. The molecule has 82 valence electrons. The van der Waals surface area contributed by atoms with Crippen molar-refractivity contribution in [3.63, 3.8) is 0 Å². The number of rotatable bonds is 3. The Morgan fingerprint density at radius 3 is 2.47 bits per heavy atom. The zero-order chi connectivity index (χ0) is 11.6. The van der Waals surface area contributed by atoms with Gasteiger partial charge in [0.05, 0.1) is 0 Å². The third-order valence-corrected chi connectivity index (χ3v) is 2.93. The molecule has 4 heteroatoms. The quantitative estimate of drug-likeness (QED) is 0.861. The van der Waals surface area contributed by atoms with Crippen molar-refractivity contribution < 1.29 is 9.90 Å². The van der Waals surface area contributed by atoms with E-state index in [4.69, 9.17) is 11.6 Å². The Hall–Kier alpha value is -1.06. The van der Waals surface area contributed by atoms with Gasteiger partial charge in [-0.3, -0.25) is 4.90 Å². The fourth-order valence-corrected chi connectivity index (χ4v) is 1.55. The molecule has 3 nitrogen and oxygen atoms in total. The first-order valence-corrected chi connectivity index (χ1v) is 4.93. The van der Waals surface area contributed by atoms with Crippen molar-refractivity contribution >= 4 is 17.6 Å². The van der Waals surface area contributed by atoms with Crippen LogP contribution in [0.1, 0.15) is 12.5 Å². The van der Waals surface area contributed by atoms with Crippen molar-refractivity contribution in [2.45, 2.75) is 12.5 Å². The first-order chi connectivity index (χ1) is 6.89. The molecule has 0 amide bonds. The van der Waals surface area contributed by atoms with Crippen LogP contribution in [0.4, 0.5) is 0 Å². The topological polar surface area (TPSA) is 40.5 Å². The van der Waals surface area contributed by atoms with Crippen LogP contribution in [0.25, 0.3) is 0 Å². The number of carbonyl (C=O) groups is 1. The molecule has 15 heavy (non-hydrogen) atoms. The highest BCUT2D eigenvalue weighted by atomic mass is 35.5. The average molecular weight is 228 g/mol. The molecule has 0 aliphatic carbocycles. The van der Waals surface area contributed by atoms with E-state index in [0.29, 0.717) is 10.6 Å². The summed E-state index contributed by atoms with van der Waals surface area (Å²) in [7, 11) is 3.46. The summed E-state index contributed by atoms with van der Waals surface area (Å²) in [5.41, 5.74) is -0.377. The molecule has 1 N–H and O–H groups in total. The molecule has 1 rings (SSSR count). The molecule has 1 aromatic rings. The Bertz CT molecular complexity index is 379. The molecule has 0 aliphatic rings. The van der Waals surface area contributed by atoms with Crippen molar-refractivity contribution in [1.29, 1.82) is 0 Å². The predicted octanol–water partition coefficient (Wildman–Crippen LogP) is 2.20. The molecule has 0 saturated heterocycles. The highest BCUT2D eigenvalue weighted by Crippen LogP contribution is 2.28. The zero-order valence-electron chi connectivity index (χ0n) is 8.99. The van der Waals surface area contributed by atoms with Gasteiger partial charge in [-0.25, -0.2) is 4.79 Å². The lowest BCUT2D eigenvalue weighted by atomic mass is 9.91. The third kappa shape index (κ3) is 2.13. The van der Waals surface area contributed by atoms with Crippen LogP contribution < -0.4 is 0 Å². The lowest BCUT2D eigenvalue weighted by molar-refractivity contribution is -0.149. The molecule has 1 atom stereocenters. The molecule has 0 heterocycles. The van der Waals surface area contributed by atoms with Crippen molar-refractivity contribution in [2.75, 3.05) is 14.1 Å². The molecule has 0 radical (unpaired) electrons. The molecule has 0 aliphatic heterocycles. The van der Waals surface area contributed by atoms with Gasteiger partial charge in [0, 0.05) is 5.02 Å². The summed E-state index contributed by atoms with van der Waals surface area (Å²) in [5, 5.41) is 9.81. The van der Waals surface area contributed by atoms with Crippen LogP contribution in [0.2, 0.25) is 5.02 Å². The molecule has 0 saturated carbocycles. The van der Waals surface area contributed by atoms with Crippen molar-refractivity contribution in [3.8, 4) is 0 Å². The molecule has 0 bridgehead atoms. The molecule has 1 aromatic carbocycles. The maximum atomic E-state index is 11.3. The summed E-state index contributed by atoms with van der Waals surface area (Å²) in [4.78, 5) is 12.9. The summed E-state index contributed by atoms with van der Waals surface area (Å²) in [6.45, 7) is 1.65. The maximum Gasteiger partial charge on any atom is 0.328 e. The summed E-state index contributed by atoms with van der Waals surface area (Å²) < 4.78 is 0. The number of aliphatic carboxylic acids is 1. The Morgan fingerprint density at radius 2 is 2.07 bits per heavy atom. The van der Waals surface area contributed by atoms with Crippen LogP contribution in [0, 0.1) is 0 Å². The van der Waals surface area contributed by atoms with E-state index >= 15 is 0 Å². The van der Waals surface area contributed by atoms with E-state index in [9.17, 15) is 9.90 Å². The van der Waals surface area contributed by atoms with Crippen LogP contribution in [0.5, 0.6) is 0 Å². The average Bonchev–Trinajstić information content (AvgIpc) is 2.15. The Morgan fingerprint density at radius 1 is 1.47 bits per heavy atom. The summed E-state index contributed by atoms with van der Waals surface area (Å²) in [5.74, 6) is -0.894. The lowest BCUT2D eigenvalue weighted by Crippen LogP contribution is -2.45. The van der Waals surface area contributed by atoms with Gasteiger partial charge in [-0.15, -0.1) is 0 Å². The number of hydrogen-bond acceptors (Lipinski definition) is 2. The minimum atomic E-state index is -1.05. The van der Waals surface area contributed by atoms with Gasteiger partial charge in [0.15, 0.2) is 0 Å². The number of nitrogens with zero attached hydrogens (tertiary/aromatic N) is 1. The molecular weight excluding hydrogens is 214 g/mol. The lowest BCUT2D eigenvalue weighted by Gasteiger charge is -2.32. The van der Waals surface area contributed by atoms with Gasteiger partial charge in [0.1, 0.15) is 5.54 Å². The fraction of sp³-hybridized carbons (Fsp3) is 0.364. The number of carboxylic acid groups (broad SMARTS) is 1. The largest absolute Gasteiger partial charge is 0.480 e. The highest BCUT2D eigenvalue weighted by Gasteiger charge is 2.37. The minimum absolute atomic E-state index is 0.543. The van der Waals surface area contributed by atoms with E-state index in [-0.39, 0.29) is 0 Å². The molecule has 0 fully saturated rings. The van der Waals surface area contributed by atoms with E-state index in [1.165, 1.54) is 0 Å². The summed E-state index contributed by atoms with van der Waals surface area (Å²) in [6, 6.07) is 6.92. The smallest absolute Gasteiger partial charge is 0.328 e. The summed E-state index contributed by atoms with van der Waals surface area (Å²) in [6.07, 6.45) is 0. The minimum Gasteiger partial charge on any atom is -0.480 e. The van der Waals surface area contributed by atoms with Crippen LogP contribution >= 0.6 is 11.6 Å². The van der Waals surface area contributed by atoms with Gasteiger partial charge in [-0.2, -0.15) is 0 Å². The number of carboxylic acids is 1. The second kappa shape index (κ2) is 4.21. The Labute approximate surface area is 94.3 Å². The van der Waals surface area contributed by atoms with Crippen molar-refractivity contribution in [1.82, 2.24) is 4.90 Å². The normalized spacial score (nSPS) is 15.0. The van der Waals surface area contributed by atoms with Crippen molar-refractivity contribution in [3.05, 3.63) is 34.9 Å². The standard InChI is InChI=1S/C11H14ClNO2/c1-11(10(14)15,13(2)3)8-5-4-6-9(12)7-8/h4-7H,1-3H3,(H,14,15). The van der Waals surface area contributed by atoms with E-state index in [2.05, 4.69) is 0 Å². The van der Waals surface area contributed by atoms with Gasteiger partial charge >= 0.3 is 5.97 Å². The van der Waals surface area contributed by atoms with Crippen LogP contribution in [-0.4, -0.2) is 30.1 Å². The number of benzene rings is 1. The number of likely N-dealkylation sites (N-methyl/N-ethyl adjacent to an activating group) is 1. The zero-order valence-corrected chi connectivity index (χ0v) is 9.75. The number of halogens is 1. The monoisotopic (exact) mass is 227 g/mol. The molecule has 0 spiro atoms. The van der Waals surface area contributed by atoms with E-state index in [0.717, 1.165) is 0 Å². The van der Waals surface area contributed by atoms with Gasteiger partial charge < -0.3 is 5.11 Å². The SMILES string of the molecule is CN(C)C(C)(C(=O)O)c1cccc(Cl)c1. The third-order valence-electron chi connectivity index (χ3n) is 2.70. The predicted molar refractivity (Wildman–Crippen MR) is 60.1 cm³/mol. The first-order valence-electron chi connectivity index (χ1n) is 4.56. The van der Waals surface area contributed by atoms with Gasteiger partial charge in [-0.05, 0) is 38.7 Å². The molecule has 1 unspecified atom stereocenters. The van der Waals surface area contributed by atoms with Gasteiger partial charge in [0.2, 0.25) is 0 Å². The fourth-order valence-electron chi connectivity index (χ4n) is 1.36. The first kappa shape index (κ1) is 12.0. The molecular formula is C11H14ClNO2. The Balaban J connectivity index is 3.28. The van der Waals surface area contributed by atoms with Crippen LogP contribution in [-0.2, 0) is 10.3 Å². The highest BCUT2D eigenvalue weighted by molar-refractivity contribution is 6.30.